The van der Waals surface area contributed by atoms with Crippen LogP contribution in [0.5, 0.6) is 0 Å². The molecule has 2 atom stereocenters. The van der Waals surface area contributed by atoms with Gasteiger partial charge in [-0.2, -0.15) is 0 Å². The molecular weight excluding hydrogens is 288 g/mol. The van der Waals surface area contributed by atoms with Crippen molar-refractivity contribution in [3.05, 3.63) is 23.3 Å². The van der Waals surface area contributed by atoms with Gasteiger partial charge in [-0.25, -0.2) is 13.6 Å². The minimum absolute atomic E-state index is 0.0526. The van der Waals surface area contributed by atoms with Crippen molar-refractivity contribution < 1.29 is 13.2 Å². The first kappa shape index (κ1) is 14.5. The molecular formula is C15H20N2O3S. The normalized spacial score (nSPS) is 27.3. The average molecular weight is 308 g/mol. The molecule has 21 heavy (non-hydrogen) atoms. The summed E-state index contributed by atoms with van der Waals surface area (Å²) in [5.41, 5.74) is 2.14. The van der Waals surface area contributed by atoms with E-state index >= 15 is 0 Å². The van der Waals surface area contributed by atoms with Crippen LogP contribution in [0.2, 0.25) is 0 Å². The number of hydrogen-bond acceptors (Lipinski definition) is 3. The number of aryl methyl sites for hydroxylation is 2. The molecule has 3 rings (SSSR count). The molecule has 0 radical (unpaired) electrons. The molecule has 1 aromatic rings. The van der Waals surface area contributed by atoms with Crippen LogP contribution in [0.1, 0.15) is 30.4 Å². The highest BCUT2D eigenvalue weighted by atomic mass is 32.2. The van der Waals surface area contributed by atoms with E-state index < -0.39 is 10.0 Å². The van der Waals surface area contributed by atoms with Gasteiger partial charge in [-0.3, -0.25) is 4.79 Å². The summed E-state index contributed by atoms with van der Waals surface area (Å²) < 4.78 is 22.8. The van der Waals surface area contributed by atoms with Crippen molar-refractivity contribution in [2.45, 2.75) is 38.0 Å². The fraction of sp³-hybridized carbons (Fsp3) is 0.533. The molecule has 6 heteroatoms. The summed E-state index contributed by atoms with van der Waals surface area (Å²) in [6.45, 7) is 3.56. The molecule has 2 saturated carbocycles. The van der Waals surface area contributed by atoms with Crippen molar-refractivity contribution in [2.75, 3.05) is 5.32 Å². The van der Waals surface area contributed by atoms with Crippen LogP contribution >= 0.6 is 0 Å². The first-order valence-electron chi connectivity index (χ1n) is 7.20. The van der Waals surface area contributed by atoms with E-state index in [0.717, 1.165) is 35.8 Å². The zero-order valence-electron chi connectivity index (χ0n) is 12.2. The second-order valence-electron chi connectivity index (χ2n) is 6.39. The summed E-state index contributed by atoms with van der Waals surface area (Å²) in [7, 11) is -3.72. The number of sulfonamides is 1. The zero-order valence-corrected chi connectivity index (χ0v) is 13.0. The minimum atomic E-state index is -3.72. The first-order valence-corrected chi connectivity index (χ1v) is 8.75. The lowest BCUT2D eigenvalue weighted by atomic mass is 10.0. The van der Waals surface area contributed by atoms with E-state index in [0.29, 0.717) is 5.69 Å². The standard InChI is InChI=1S/C15H20N2O3S/c1-8-3-13(21(16,19)20)4-9(2)14(8)17-15(18)12-6-10-5-11(10)7-12/h3-4,10-12H,5-7H2,1-2H3,(H,17,18)(H2,16,19,20). The van der Waals surface area contributed by atoms with E-state index in [1.54, 1.807) is 13.8 Å². The SMILES string of the molecule is Cc1cc(S(N)(=O)=O)cc(C)c1NC(=O)C1CC2CC2C1. The molecule has 0 aromatic heterocycles. The van der Waals surface area contributed by atoms with Gasteiger partial charge in [0.1, 0.15) is 0 Å². The average Bonchev–Trinajstić information content (AvgIpc) is 2.99. The van der Waals surface area contributed by atoms with Crippen LogP contribution in [0.25, 0.3) is 0 Å². The van der Waals surface area contributed by atoms with Gasteiger partial charge in [0.15, 0.2) is 0 Å². The van der Waals surface area contributed by atoms with Crippen LogP contribution in [0.4, 0.5) is 5.69 Å². The van der Waals surface area contributed by atoms with Crippen LogP contribution in [-0.2, 0) is 14.8 Å². The number of anilines is 1. The first-order chi connectivity index (χ1) is 9.75. The highest BCUT2D eigenvalue weighted by Crippen LogP contribution is 2.54. The Morgan fingerprint density at radius 2 is 1.67 bits per heavy atom. The summed E-state index contributed by atoms with van der Waals surface area (Å²) in [4.78, 5) is 12.4. The van der Waals surface area contributed by atoms with Crippen molar-refractivity contribution in [2.24, 2.45) is 22.9 Å². The molecule has 1 amide bonds. The van der Waals surface area contributed by atoms with Crippen molar-refractivity contribution >= 4 is 21.6 Å². The Morgan fingerprint density at radius 3 is 2.14 bits per heavy atom. The highest BCUT2D eigenvalue weighted by Gasteiger charge is 2.48. The number of hydrogen-bond donors (Lipinski definition) is 2. The molecule has 2 aliphatic rings. The fourth-order valence-corrected chi connectivity index (χ4v) is 4.12. The van der Waals surface area contributed by atoms with E-state index in [1.807, 2.05) is 0 Å². The van der Waals surface area contributed by atoms with Crippen LogP contribution in [0, 0.1) is 31.6 Å². The Hall–Kier alpha value is -1.40. The number of nitrogens with one attached hydrogen (secondary N) is 1. The van der Waals surface area contributed by atoms with E-state index in [9.17, 15) is 13.2 Å². The van der Waals surface area contributed by atoms with E-state index in [2.05, 4.69) is 5.32 Å². The lowest BCUT2D eigenvalue weighted by Gasteiger charge is -2.16. The topological polar surface area (TPSA) is 89.3 Å². The number of primary sulfonamides is 1. The quantitative estimate of drug-likeness (QED) is 0.894. The second-order valence-corrected chi connectivity index (χ2v) is 7.95. The zero-order chi connectivity index (χ0) is 15.4. The van der Waals surface area contributed by atoms with Crippen LogP contribution in [-0.4, -0.2) is 14.3 Å². The third-order valence-corrected chi connectivity index (χ3v) is 5.59. The molecule has 3 N–H and O–H groups in total. The Kier molecular flexibility index (Phi) is 3.33. The maximum absolute atomic E-state index is 12.3. The van der Waals surface area contributed by atoms with Gasteiger partial charge < -0.3 is 5.32 Å². The number of amides is 1. The number of rotatable bonds is 3. The van der Waals surface area contributed by atoms with Crippen molar-refractivity contribution in [3.8, 4) is 0 Å². The van der Waals surface area contributed by atoms with E-state index in [-0.39, 0.29) is 16.7 Å². The van der Waals surface area contributed by atoms with Gasteiger partial charge >= 0.3 is 0 Å². The minimum Gasteiger partial charge on any atom is -0.325 e. The Labute approximate surface area is 125 Å². The number of benzene rings is 1. The van der Waals surface area contributed by atoms with Crippen molar-refractivity contribution in [1.82, 2.24) is 0 Å². The van der Waals surface area contributed by atoms with Gasteiger partial charge in [0.25, 0.3) is 0 Å². The Morgan fingerprint density at radius 1 is 1.14 bits per heavy atom. The number of fused-ring (bicyclic) bond motifs is 1. The molecule has 2 fully saturated rings. The molecule has 0 bridgehead atoms. The van der Waals surface area contributed by atoms with Gasteiger partial charge in [-0.15, -0.1) is 0 Å². The lowest BCUT2D eigenvalue weighted by Crippen LogP contribution is -2.23. The second kappa shape index (κ2) is 4.81. The molecule has 0 saturated heterocycles. The predicted molar refractivity (Wildman–Crippen MR) is 80.2 cm³/mol. The van der Waals surface area contributed by atoms with E-state index in [4.69, 9.17) is 5.14 Å². The van der Waals surface area contributed by atoms with Crippen LogP contribution in [0.15, 0.2) is 17.0 Å². The molecule has 2 aliphatic carbocycles. The van der Waals surface area contributed by atoms with Gasteiger partial charge in [-0.1, -0.05) is 0 Å². The van der Waals surface area contributed by atoms with E-state index in [1.165, 1.54) is 18.6 Å². The maximum Gasteiger partial charge on any atom is 0.238 e. The summed E-state index contributed by atoms with van der Waals surface area (Å²) in [5, 5.41) is 8.12. The summed E-state index contributed by atoms with van der Waals surface area (Å²) in [6.07, 6.45) is 3.26. The highest BCUT2D eigenvalue weighted by molar-refractivity contribution is 7.89. The molecule has 0 heterocycles. The molecule has 1 aromatic carbocycles. The molecule has 5 nitrogen and oxygen atoms in total. The smallest absolute Gasteiger partial charge is 0.238 e. The Balaban J connectivity index is 1.80. The predicted octanol–water partition coefficient (Wildman–Crippen LogP) is 1.94. The lowest BCUT2D eigenvalue weighted by molar-refractivity contribution is -0.120. The summed E-state index contributed by atoms with van der Waals surface area (Å²) in [6, 6.07) is 3.01. The summed E-state index contributed by atoms with van der Waals surface area (Å²) >= 11 is 0. The van der Waals surface area contributed by atoms with Crippen LogP contribution in [0.3, 0.4) is 0 Å². The van der Waals surface area contributed by atoms with Crippen molar-refractivity contribution in [1.29, 1.82) is 0 Å². The maximum atomic E-state index is 12.3. The van der Waals surface area contributed by atoms with Crippen molar-refractivity contribution in [3.63, 3.8) is 0 Å². The molecule has 0 spiro atoms. The van der Waals surface area contributed by atoms with Gasteiger partial charge in [-0.05, 0) is 68.2 Å². The largest absolute Gasteiger partial charge is 0.325 e. The number of carbonyl (C=O) groups excluding carboxylic acids is 1. The monoisotopic (exact) mass is 308 g/mol. The van der Waals surface area contributed by atoms with Gasteiger partial charge in [0.05, 0.1) is 4.90 Å². The number of carbonyl (C=O) groups is 1. The van der Waals surface area contributed by atoms with Gasteiger partial charge in [0.2, 0.25) is 15.9 Å². The number of nitrogens with two attached hydrogens (primary N) is 1. The third-order valence-electron chi connectivity index (χ3n) is 4.70. The molecule has 114 valence electrons. The molecule has 0 aliphatic heterocycles. The molecule has 2 unspecified atom stereocenters. The summed E-state index contributed by atoms with van der Waals surface area (Å²) in [5.74, 6) is 1.67. The van der Waals surface area contributed by atoms with Gasteiger partial charge in [0, 0.05) is 11.6 Å². The Bertz CT molecular complexity index is 679. The van der Waals surface area contributed by atoms with Crippen LogP contribution < -0.4 is 10.5 Å². The third kappa shape index (κ3) is 2.82. The fourth-order valence-electron chi connectivity index (χ4n) is 3.44.